The van der Waals surface area contributed by atoms with Crippen LogP contribution in [0, 0.1) is 26.0 Å². The van der Waals surface area contributed by atoms with Crippen LogP contribution >= 0.6 is 22.6 Å². The maximum Gasteiger partial charge on any atom is 0.270 e. The number of terminal acetylenes is 1. The average Bonchev–Trinajstić information content (AvgIpc) is 2.38. The van der Waals surface area contributed by atoms with Crippen molar-refractivity contribution in [3.05, 3.63) is 37.4 Å². The van der Waals surface area contributed by atoms with Crippen molar-refractivity contribution in [2.45, 2.75) is 19.3 Å². The summed E-state index contributed by atoms with van der Waals surface area (Å²) in [6.07, 6.45) is 7.45. The number of rotatable bonds is 6. The number of nitrogens with zero attached hydrogens (tertiary/aromatic N) is 1. The van der Waals surface area contributed by atoms with Crippen molar-refractivity contribution < 1.29 is 9.72 Å². The number of amides is 1. The molecule has 0 saturated heterocycles. The molecule has 100 valence electrons. The lowest BCUT2D eigenvalue weighted by Crippen LogP contribution is -2.25. The Kier molecular flexibility index (Phi) is 6.29. The molecule has 6 heteroatoms. The molecule has 0 fully saturated rings. The van der Waals surface area contributed by atoms with Gasteiger partial charge in [-0.3, -0.25) is 14.9 Å². The largest absolute Gasteiger partial charge is 0.352 e. The summed E-state index contributed by atoms with van der Waals surface area (Å²) >= 11 is 1.98. The Bertz CT molecular complexity index is 523. The minimum atomic E-state index is -0.514. The van der Waals surface area contributed by atoms with Crippen molar-refractivity contribution in [2.75, 3.05) is 6.54 Å². The molecule has 0 radical (unpaired) electrons. The summed E-state index contributed by atoms with van der Waals surface area (Å²) in [6.45, 7) is 0.513. The Morgan fingerprint density at radius 3 is 2.84 bits per heavy atom. The number of unbranched alkanes of at least 4 members (excludes halogenated alkanes) is 2. The number of hydrogen-bond donors (Lipinski definition) is 1. The quantitative estimate of drug-likeness (QED) is 0.274. The molecule has 1 aromatic carbocycles. The zero-order valence-electron chi connectivity index (χ0n) is 10.2. The molecule has 1 rings (SSSR count). The molecule has 0 saturated carbocycles. The van der Waals surface area contributed by atoms with E-state index >= 15 is 0 Å². The lowest BCUT2D eigenvalue weighted by Gasteiger charge is -2.06. The molecule has 1 N–H and O–H groups in total. The van der Waals surface area contributed by atoms with Crippen molar-refractivity contribution in [3.8, 4) is 12.3 Å². The zero-order chi connectivity index (χ0) is 14.3. The average molecular weight is 372 g/mol. The molecule has 1 aromatic rings. The molecule has 0 aliphatic carbocycles. The Labute approximate surface area is 125 Å². The summed E-state index contributed by atoms with van der Waals surface area (Å²) in [7, 11) is 0. The van der Waals surface area contributed by atoms with Crippen LogP contribution in [0.1, 0.15) is 29.6 Å². The number of halogens is 1. The fourth-order valence-electron chi connectivity index (χ4n) is 1.45. The van der Waals surface area contributed by atoms with E-state index < -0.39 is 4.92 Å². The van der Waals surface area contributed by atoms with Gasteiger partial charge in [-0.25, -0.2) is 0 Å². The Morgan fingerprint density at radius 2 is 2.21 bits per heavy atom. The van der Waals surface area contributed by atoms with Crippen LogP contribution in [0.3, 0.4) is 0 Å². The van der Waals surface area contributed by atoms with Crippen LogP contribution in [0.4, 0.5) is 5.69 Å². The van der Waals surface area contributed by atoms with E-state index in [1.54, 1.807) is 6.07 Å². The lowest BCUT2D eigenvalue weighted by atomic mass is 10.2. The van der Waals surface area contributed by atoms with Crippen molar-refractivity contribution in [3.63, 3.8) is 0 Å². The number of nitro groups is 1. The standard InChI is InChI=1S/C13H13IN2O3/c1-2-3-4-5-8-15-13(17)11-9-10(16(18)19)6-7-12(11)14/h1,6-7,9H,3-5,8H2,(H,15,17). The van der Waals surface area contributed by atoms with E-state index in [2.05, 4.69) is 11.2 Å². The van der Waals surface area contributed by atoms with Crippen LogP contribution in [0.15, 0.2) is 18.2 Å². The molecule has 1 amide bonds. The second-order valence-electron chi connectivity index (χ2n) is 3.84. The highest BCUT2D eigenvalue weighted by Gasteiger charge is 2.14. The number of benzene rings is 1. The van der Waals surface area contributed by atoms with Gasteiger partial charge in [0, 0.05) is 28.7 Å². The second kappa shape index (κ2) is 7.74. The SMILES string of the molecule is C#CCCCCNC(=O)c1cc([N+](=O)[O-])ccc1I. The Hall–Kier alpha value is -1.62. The summed E-state index contributed by atoms with van der Waals surface area (Å²) in [6, 6.07) is 4.23. The summed E-state index contributed by atoms with van der Waals surface area (Å²) < 4.78 is 0.685. The first-order chi connectivity index (χ1) is 9.06. The van der Waals surface area contributed by atoms with E-state index in [0.29, 0.717) is 22.1 Å². The number of nitrogens with one attached hydrogen (secondary N) is 1. The smallest absolute Gasteiger partial charge is 0.270 e. The molecule has 19 heavy (non-hydrogen) atoms. The lowest BCUT2D eigenvalue weighted by molar-refractivity contribution is -0.384. The van der Waals surface area contributed by atoms with Gasteiger partial charge in [0.1, 0.15) is 0 Å². The van der Waals surface area contributed by atoms with Gasteiger partial charge in [0.25, 0.3) is 11.6 Å². The summed E-state index contributed by atoms with van der Waals surface area (Å²) in [4.78, 5) is 22.1. The third kappa shape index (κ3) is 4.87. The van der Waals surface area contributed by atoms with Gasteiger partial charge in [-0.2, -0.15) is 0 Å². The van der Waals surface area contributed by atoms with Crippen LogP contribution in [0.25, 0.3) is 0 Å². The molecule has 0 atom stereocenters. The second-order valence-corrected chi connectivity index (χ2v) is 5.00. The number of non-ortho nitro benzene ring substituents is 1. The molecular formula is C13H13IN2O3. The predicted molar refractivity (Wildman–Crippen MR) is 80.8 cm³/mol. The molecule has 0 bridgehead atoms. The van der Waals surface area contributed by atoms with Crippen LogP contribution in [0.2, 0.25) is 0 Å². The van der Waals surface area contributed by atoms with Gasteiger partial charge in [0.2, 0.25) is 0 Å². The van der Waals surface area contributed by atoms with Crippen molar-refractivity contribution >= 4 is 34.2 Å². The highest BCUT2D eigenvalue weighted by molar-refractivity contribution is 14.1. The number of hydrogen-bond acceptors (Lipinski definition) is 3. The van der Waals surface area contributed by atoms with E-state index in [0.717, 1.165) is 12.8 Å². The third-order valence-electron chi connectivity index (χ3n) is 2.44. The minimum absolute atomic E-state index is 0.0853. The predicted octanol–water partition coefficient (Wildman–Crippen LogP) is 2.73. The molecule has 0 spiro atoms. The molecule has 0 aliphatic rings. The number of carbonyl (C=O) groups excluding carboxylic acids is 1. The van der Waals surface area contributed by atoms with Gasteiger partial charge in [0.15, 0.2) is 0 Å². The summed E-state index contributed by atoms with van der Waals surface area (Å²) in [5.41, 5.74) is 0.240. The molecule has 0 unspecified atom stereocenters. The first-order valence-corrected chi connectivity index (χ1v) is 6.79. The van der Waals surface area contributed by atoms with E-state index in [4.69, 9.17) is 6.42 Å². The van der Waals surface area contributed by atoms with Gasteiger partial charge in [0.05, 0.1) is 10.5 Å². The molecule has 0 aromatic heterocycles. The van der Waals surface area contributed by atoms with Gasteiger partial charge in [-0.15, -0.1) is 12.3 Å². The number of carbonyl (C=O) groups is 1. The zero-order valence-corrected chi connectivity index (χ0v) is 12.3. The first kappa shape index (κ1) is 15.4. The van der Waals surface area contributed by atoms with E-state index in [-0.39, 0.29) is 11.6 Å². The summed E-state index contributed by atoms with van der Waals surface area (Å²) in [5.74, 6) is 2.23. The normalized spacial score (nSPS) is 9.68. The molecular weight excluding hydrogens is 359 g/mol. The molecule has 5 nitrogen and oxygen atoms in total. The van der Waals surface area contributed by atoms with Crippen LogP contribution in [-0.2, 0) is 0 Å². The van der Waals surface area contributed by atoms with Crippen LogP contribution in [-0.4, -0.2) is 17.4 Å². The van der Waals surface area contributed by atoms with E-state index in [1.807, 2.05) is 22.6 Å². The maximum atomic E-state index is 11.9. The van der Waals surface area contributed by atoms with Crippen molar-refractivity contribution in [2.24, 2.45) is 0 Å². The van der Waals surface area contributed by atoms with Crippen LogP contribution < -0.4 is 5.32 Å². The van der Waals surface area contributed by atoms with E-state index in [9.17, 15) is 14.9 Å². The highest BCUT2D eigenvalue weighted by atomic mass is 127. The summed E-state index contributed by atoms with van der Waals surface area (Å²) in [5, 5.41) is 13.4. The Morgan fingerprint density at radius 1 is 1.47 bits per heavy atom. The highest BCUT2D eigenvalue weighted by Crippen LogP contribution is 2.19. The van der Waals surface area contributed by atoms with Gasteiger partial charge < -0.3 is 5.32 Å². The molecule has 0 aliphatic heterocycles. The van der Waals surface area contributed by atoms with Crippen molar-refractivity contribution in [1.82, 2.24) is 5.32 Å². The van der Waals surface area contributed by atoms with Crippen molar-refractivity contribution in [1.29, 1.82) is 0 Å². The first-order valence-electron chi connectivity index (χ1n) is 5.72. The maximum absolute atomic E-state index is 11.9. The molecule has 0 heterocycles. The van der Waals surface area contributed by atoms with Gasteiger partial charge >= 0.3 is 0 Å². The Balaban J connectivity index is 2.64. The monoisotopic (exact) mass is 372 g/mol. The van der Waals surface area contributed by atoms with Gasteiger partial charge in [-0.1, -0.05) is 0 Å². The fourth-order valence-corrected chi connectivity index (χ4v) is 2.03. The minimum Gasteiger partial charge on any atom is -0.352 e. The number of nitro benzene ring substituents is 1. The fraction of sp³-hybridized carbons (Fsp3) is 0.308. The topological polar surface area (TPSA) is 72.2 Å². The van der Waals surface area contributed by atoms with Crippen LogP contribution in [0.5, 0.6) is 0 Å². The van der Waals surface area contributed by atoms with E-state index in [1.165, 1.54) is 12.1 Å². The third-order valence-corrected chi connectivity index (χ3v) is 3.38. The van der Waals surface area contributed by atoms with Gasteiger partial charge in [-0.05, 0) is 41.5 Å².